The van der Waals surface area contributed by atoms with Gasteiger partial charge in [0.2, 0.25) is 0 Å². The van der Waals surface area contributed by atoms with Crippen LogP contribution in [0.4, 0.5) is 0 Å². The number of rotatable bonds is 3. The highest BCUT2D eigenvalue weighted by atomic mass is 35.5. The van der Waals surface area contributed by atoms with Crippen LogP contribution in [0.2, 0.25) is 5.02 Å². The Morgan fingerprint density at radius 1 is 1.26 bits per heavy atom. The van der Waals surface area contributed by atoms with E-state index in [1.807, 2.05) is 47.5 Å². The minimum Gasteiger partial charge on any atom is -0.334 e. The summed E-state index contributed by atoms with van der Waals surface area (Å²) in [6.45, 7) is 2.55. The molecular weight excluding hydrogens is 312 g/mol. The van der Waals surface area contributed by atoms with E-state index < -0.39 is 0 Å². The molecular formula is C16H15ClN6. The smallest absolute Gasteiger partial charge is 0.177 e. The molecule has 0 radical (unpaired) electrons. The maximum atomic E-state index is 6.26. The molecule has 0 aliphatic carbocycles. The predicted molar refractivity (Wildman–Crippen MR) is 89.4 cm³/mol. The van der Waals surface area contributed by atoms with Gasteiger partial charge in [0.1, 0.15) is 11.2 Å². The topological polar surface area (TPSA) is 64.3 Å². The zero-order valence-electron chi connectivity index (χ0n) is 12.8. The number of aromatic amines is 1. The predicted octanol–water partition coefficient (Wildman–Crippen LogP) is 3.17. The Morgan fingerprint density at radius 2 is 2.09 bits per heavy atom. The molecule has 0 aliphatic heterocycles. The van der Waals surface area contributed by atoms with E-state index >= 15 is 0 Å². The molecule has 0 spiro atoms. The van der Waals surface area contributed by atoms with Crippen LogP contribution >= 0.6 is 11.6 Å². The summed E-state index contributed by atoms with van der Waals surface area (Å²) in [5.41, 5.74) is 4.62. The summed E-state index contributed by atoms with van der Waals surface area (Å²) in [5.74, 6) is 0.786. The first-order valence-electron chi connectivity index (χ1n) is 7.26. The molecule has 6 nitrogen and oxygen atoms in total. The molecule has 23 heavy (non-hydrogen) atoms. The monoisotopic (exact) mass is 326 g/mol. The van der Waals surface area contributed by atoms with Crippen molar-refractivity contribution in [3.05, 3.63) is 53.1 Å². The third-order valence-electron chi connectivity index (χ3n) is 3.90. The quantitative estimate of drug-likeness (QED) is 0.629. The molecule has 0 saturated heterocycles. The molecule has 0 unspecified atom stereocenters. The summed E-state index contributed by atoms with van der Waals surface area (Å²) in [5, 5.41) is 5.31. The highest BCUT2D eigenvalue weighted by Crippen LogP contribution is 2.24. The van der Waals surface area contributed by atoms with E-state index in [4.69, 9.17) is 16.6 Å². The lowest BCUT2D eigenvalue weighted by molar-refractivity contribution is 0.696. The normalized spacial score (nSPS) is 11.4. The van der Waals surface area contributed by atoms with Gasteiger partial charge in [-0.05, 0) is 18.6 Å². The Labute approximate surface area is 137 Å². The fraction of sp³-hybridized carbons (Fsp3) is 0.188. The van der Waals surface area contributed by atoms with Crippen LogP contribution in [-0.2, 0) is 13.6 Å². The summed E-state index contributed by atoms with van der Waals surface area (Å²) in [6.07, 6.45) is 3.55. The van der Waals surface area contributed by atoms with Crippen LogP contribution in [0.5, 0.6) is 0 Å². The molecule has 0 aliphatic rings. The Balaban J connectivity index is 1.81. The first-order chi connectivity index (χ1) is 11.1. The molecule has 3 aromatic heterocycles. The summed E-state index contributed by atoms with van der Waals surface area (Å²) >= 11 is 6.26. The average Bonchev–Trinajstić information content (AvgIpc) is 3.20. The van der Waals surface area contributed by atoms with E-state index in [9.17, 15) is 0 Å². The van der Waals surface area contributed by atoms with Gasteiger partial charge in [-0.2, -0.15) is 5.10 Å². The Kier molecular flexibility index (Phi) is 3.20. The molecule has 0 fully saturated rings. The lowest BCUT2D eigenvalue weighted by Gasteiger charge is -2.04. The number of nitrogens with one attached hydrogen (secondary N) is 1. The lowest BCUT2D eigenvalue weighted by atomic mass is 10.2. The fourth-order valence-corrected chi connectivity index (χ4v) is 2.88. The number of aromatic nitrogens is 6. The van der Waals surface area contributed by atoms with Crippen molar-refractivity contribution in [2.75, 3.05) is 0 Å². The van der Waals surface area contributed by atoms with Gasteiger partial charge >= 0.3 is 0 Å². The average molecular weight is 327 g/mol. The maximum absolute atomic E-state index is 6.26. The molecule has 3 heterocycles. The van der Waals surface area contributed by atoms with Gasteiger partial charge in [-0.15, -0.1) is 0 Å². The molecule has 1 aromatic carbocycles. The Morgan fingerprint density at radius 3 is 2.83 bits per heavy atom. The van der Waals surface area contributed by atoms with Crippen molar-refractivity contribution >= 4 is 22.8 Å². The molecule has 0 atom stereocenters. The third-order valence-corrected chi connectivity index (χ3v) is 4.27. The molecule has 116 valence electrons. The third kappa shape index (κ3) is 2.31. The van der Waals surface area contributed by atoms with E-state index in [-0.39, 0.29) is 0 Å². The number of fused-ring (bicyclic) bond motifs is 1. The zero-order chi connectivity index (χ0) is 16.0. The van der Waals surface area contributed by atoms with Crippen LogP contribution in [0.3, 0.4) is 0 Å². The van der Waals surface area contributed by atoms with Gasteiger partial charge in [-0.1, -0.05) is 29.8 Å². The second-order valence-electron chi connectivity index (χ2n) is 5.51. The number of imidazole rings is 2. The summed E-state index contributed by atoms with van der Waals surface area (Å²) in [6, 6.07) is 7.78. The molecule has 7 heteroatoms. The van der Waals surface area contributed by atoms with E-state index in [1.54, 1.807) is 12.5 Å². The van der Waals surface area contributed by atoms with Crippen molar-refractivity contribution in [3.8, 4) is 11.5 Å². The van der Waals surface area contributed by atoms with Gasteiger partial charge in [0.25, 0.3) is 0 Å². The van der Waals surface area contributed by atoms with E-state index in [0.717, 1.165) is 39.0 Å². The molecule has 4 rings (SSSR count). The van der Waals surface area contributed by atoms with Gasteiger partial charge in [0.05, 0.1) is 24.8 Å². The minimum absolute atomic E-state index is 0.583. The number of nitrogens with zero attached hydrogens (tertiary/aromatic N) is 5. The Hall–Kier alpha value is -2.60. The second-order valence-corrected chi connectivity index (χ2v) is 5.92. The second kappa shape index (κ2) is 5.24. The van der Waals surface area contributed by atoms with Gasteiger partial charge in [-0.3, -0.25) is 0 Å². The molecule has 0 bridgehead atoms. The number of H-pyrrole nitrogens is 1. The zero-order valence-corrected chi connectivity index (χ0v) is 13.5. The number of aryl methyl sites for hydroxylation is 2. The first kappa shape index (κ1) is 14.0. The van der Waals surface area contributed by atoms with Crippen LogP contribution in [0.15, 0.2) is 36.8 Å². The van der Waals surface area contributed by atoms with Gasteiger partial charge in [-0.25, -0.2) is 14.6 Å². The van der Waals surface area contributed by atoms with Crippen molar-refractivity contribution in [2.45, 2.75) is 13.5 Å². The summed E-state index contributed by atoms with van der Waals surface area (Å²) in [4.78, 5) is 12.2. The number of hydrogen-bond acceptors (Lipinski definition) is 3. The molecule has 4 aromatic rings. The number of halogens is 1. The maximum Gasteiger partial charge on any atom is 0.177 e. The number of hydrogen-bond donors (Lipinski definition) is 1. The fourth-order valence-electron chi connectivity index (χ4n) is 2.69. The largest absolute Gasteiger partial charge is 0.334 e. The highest BCUT2D eigenvalue weighted by molar-refractivity contribution is 6.31. The van der Waals surface area contributed by atoms with Crippen LogP contribution in [0.25, 0.3) is 22.7 Å². The van der Waals surface area contributed by atoms with Crippen LogP contribution in [-0.4, -0.2) is 29.3 Å². The highest BCUT2D eigenvalue weighted by Gasteiger charge is 2.16. The number of benzene rings is 1. The van der Waals surface area contributed by atoms with Crippen molar-refractivity contribution in [2.24, 2.45) is 7.05 Å². The van der Waals surface area contributed by atoms with Gasteiger partial charge < -0.3 is 9.55 Å². The Bertz CT molecular complexity index is 993. The van der Waals surface area contributed by atoms with Crippen molar-refractivity contribution in [3.63, 3.8) is 0 Å². The molecule has 0 amide bonds. The SMILES string of the molecule is Cc1nn(Cc2ccccc2Cl)c2nc(-c3cncn3C)[nH]c12. The summed E-state index contributed by atoms with van der Waals surface area (Å²) < 4.78 is 3.81. The standard InChI is InChI=1S/C16H15ClN6/c1-10-14-16(20-15(19-14)13-7-18-9-22(13)2)23(21-10)8-11-5-3-4-6-12(11)17/h3-7,9H,8H2,1-2H3,(H,19,20). The minimum atomic E-state index is 0.583. The molecule has 0 saturated carbocycles. The lowest BCUT2D eigenvalue weighted by Crippen LogP contribution is -2.03. The van der Waals surface area contributed by atoms with Crippen LogP contribution < -0.4 is 0 Å². The van der Waals surface area contributed by atoms with Crippen molar-refractivity contribution in [1.29, 1.82) is 0 Å². The molecule has 1 N–H and O–H groups in total. The van der Waals surface area contributed by atoms with Crippen molar-refractivity contribution in [1.82, 2.24) is 29.3 Å². The van der Waals surface area contributed by atoms with Gasteiger partial charge in [0.15, 0.2) is 11.5 Å². The van der Waals surface area contributed by atoms with Crippen molar-refractivity contribution < 1.29 is 0 Å². The summed E-state index contributed by atoms with van der Waals surface area (Å²) in [7, 11) is 1.94. The van der Waals surface area contributed by atoms with E-state index in [1.165, 1.54) is 0 Å². The van der Waals surface area contributed by atoms with E-state index in [0.29, 0.717) is 6.54 Å². The van der Waals surface area contributed by atoms with Crippen LogP contribution in [0, 0.1) is 6.92 Å². The van der Waals surface area contributed by atoms with Crippen LogP contribution in [0.1, 0.15) is 11.3 Å². The van der Waals surface area contributed by atoms with E-state index in [2.05, 4.69) is 15.1 Å². The first-order valence-corrected chi connectivity index (χ1v) is 7.64. The van der Waals surface area contributed by atoms with Gasteiger partial charge in [0, 0.05) is 12.1 Å².